The van der Waals surface area contributed by atoms with Crippen molar-refractivity contribution < 1.29 is 27.0 Å². The van der Waals surface area contributed by atoms with E-state index in [1.807, 2.05) is 63.2 Å². The quantitative estimate of drug-likeness (QED) is 0.432. The lowest BCUT2D eigenvalue weighted by atomic mass is 10.0. The smallest absolute Gasteiger partial charge is 0.370 e. The van der Waals surface area contributed by atoms with Crippen molar-refractivity contribution in [2.24, 2.45) is 0 Å². The Bertz CT molecular complexity index is 1030. The van der Waals surface area contributed by atoms with Gasteiger partial charge in [0.1, 0.15) is 5.54 Å². The molecule has 0 aliphatic rings. The lowest BCUT2D eigenvalue weighted by Gasteiger charge is -2.33. The maximum Gasteiger partial charge on any atom is 0.370 e. The van der Waals surface area contributed by atoms with Crippen LogP contribution >= 0.6 is 35.8 Å². The summed E-state index contributed by atoms with van der Waals surface area (Å²) in [4.78, 5) is 26.2. The molecule has 3 aromatic carbocycles. The van der Waals surface area contributed by atoms with Gasteiger partial charge in [0.15, 0.2) is 0 Å². The van der Waals surface area contributed by atoms with Gasteiger partial charge in [-0.05, 0) is 68.3 Å². The van der Waals surface area contributed by atoms with E-state index in [1.54, 1.807) is 36.4 Å². The van der Waals surface area contributed by atoms with Crippen LogP contribution in [0, 0.1) is 0 Å². The van der Waals surface area contributed by atoms with Gasteiger partial charge in [0.25, 0.3) is 0 Å². The third-order valence-corrected chi connectivity index (χ3v) is 5.22. The molecular formula is C24H24Cl4N2O2. The fourth-order valence-corrected chi connectivity index (χ4v) is 3.67. The van der Waals surface area contributed by atoms with Gasteiger partial charge >= 0.3 is 11.8 Å². The second kappa shape index (κ2) is 11.7. The lowest BCUT2D eigenvalue weighted by Crippen LogP contribution is -3.25. The average Bonchev–Trinajstić information content (AvgIpc) is 2.73. The minimum Gasteiger partial charge on any atom is -1.00 e. The van der Waals surface area contributed by atoms with Gasteiger partial charge in [-0.1, -0.05) is 58.6 Å². The van der Waals surface area contributed by atoms with Crippen molar-refractivity contribution in [2.45, 2.75) is 26.3 Å². The number of benzene rings is 3. The molecule has 1 atom stereocenters. The number of hydrogen-bond acceptors (Lipinski definition) is 2. The van der Waals surface area contributed by atoms with Gasteiger partial charge < -0.3 is 12.4 Å². The number of carbonyl (C=O) groups excluding carboxylic acids is 2. The minimum absolute atomic E-state index is 0. The molecule has 0 radical (unpaired) electrons. The summed E-state index contributed by atoms with van der Waals surface area (Å²) in [6.45, 7) is 5.53. The van der Waals surface area contributed by atoms with E-state index in [0.717, 1.165) is 15.7 Å². The van der Waals surface area contributed by atoms with Crippen LogP contribution in [0.4, 0.5) is 0 Å². The molecule has 3 rings (SSSR count). The lowest BCUT2D eigenvalue weighted by molar-refractivity contribution is -0.951. The fraction of sp³-hybridized carbons (Fsp3) is 0.167. The summed E-state index contributed by atoms with van der Waals surface area (Å²) < 4.78 is 0.939. The highest BCUT2D eigenvalue weighted by Gasteiger charge is 2.41. The average molecular weight is 514 g/mol. The Morgan fingerprint density at radius 1 is 0.781 bits per heavy atom. The molecule has 0 heterocycles. The van der Waals surface area contributed by atoms with Crippen molar-refractivity contribution in [3.8, 4) is 11.1 Å². The molecule has 0 saturated carbocycles. The van der Waals surface area contributed by atoms with Crippen LogP contribution < -0.4 is 17.4 Å². The van der Waals surface area contributed by atoms with E-state index in [4.69, 9.17) is 23.4 Å². The van der Waals surface area contributed by atoms with Crippen LogP contribution in [0.5, 0.6) is 0 Å². The Balaban J connectivity index is 0.00000256. The highest BCUT2D eigenvalue weighted by Crippen LogP contribution is 2.20. The van der Waals surface area contributed by atoms with Gasteiger partial charge in [-0.15, -0.1) is 17.4 Å². The van der Waals surface area contributed by atoms with E-state index in [0.29, 0.717) is 16.1 Å². The summed E-state index contributed by atoms with van der Waals surface area (Å²) in [5, 5.41) is 0.727. The highest BCUT2D eigenvalue weighted by molar-refractivity contribution is 6.30. The Labute approximate surface area is 211 Å². The van der Waals surface area contributed by atoms with Crippen molar-refractivity contribution in [3.05, 3.63) is 95.0 Å². The van der Waals surface area contributed by atoms with E-state index < -0.39 is 11.4 Å². The summed E-state index contributed by atoms with van der Waals surface area (Å²) in [6, 6.07) is 23.6. The second-order valence-corrected chi connectivity index (χ2v) is 8.74. The molecule has 1 N–H and O–H groups in total. The van der Waals surface area contributed by atoms with Crippen molar-refractivity contribution in [1.29, 1.82) is 0 Å². The molecule has 0 fully saturated rings. The Morgan fingerprint density at radius 3 is 1.75 bits per heavy atom. The molecule has 3 aromatic rings. The Morgan fingerprint density at radius 2 is 1.25 bits per heavy atom. The number of nitrogens with zero attached hydrogens (tertiary/aromatic N) is 1. The first-order valence-electron chi connectivity index (χ1n) is 9.52. The first-order chi connectivity index (χ1) is 14.2. The van der Waals surface area contributed by atoms with Crippen LogP contribution in [0.2, 0.25) is 5.02 Å². The van der Waals surface area contributed by atoms with Gasteiger partial charge in [-0.2, -0.15) is 0 Å². The number of carbonyl (C=O) groups is 2. The number of rotatable bonds is 3. The fourth-order valence-electron chi connectivity index (χ4n) is 3.11. The number of nitrogens with one attached hydrogen (secondary N) is 1. The van der Waals surface area contributed by atoms with Crippen LogP contribution in [-0.4, -0.2) is 21.9 Å². The molecule has 32 heavy (non-hydrogen) atoms. The summed E-state index contributed by atoms with van der Waals surface area (Å²) in [6.07, 6.45) is 0. The van der Waals surface area contributed by atoms with Crippen LogP contribution in [0.25, 0.3) is 11.1 Å². The Hall–Kier alpha value is -2.08. The molecule has 0 saturated heterocycles. The molecule has 1 unspecified atom stereocenters. The molecule has 170 valence electrons. The van der Waals surface area contributed by atoms with E-state index in [1.165, 1.54) is 0 Å². The molecule has 8 heteroatoms. The van der Waals surface area contributed by atoms with Gasteiger partial charge in [0, 0.05) is 10.6 Å². The maximum absolute atomic E-state index is 13.2. The van der Waals surface area contributed by atoms with Crippen molar-refractivity contribution >= 4 is 47.6 Å². The van der Waals surface area contributed by atoms with Crippen LogP contribution in [-0.2, 0) is 0 Å². The van der Waals surface area contributed by atoms with Crippen molar-refractivity contribution in [2.75, 3.05) is 0 Å². The number of hydrogen-bond donors (Lipinski definition) is 1. The molecule has 0 aromatic heterocycles. The molecule has 0 aliphatic carbocycles. The van der Waals surface area contributed by atoms with Crippen molar-refractivity contribution in [1.82, 2.24) is 4.53 Å². The van der Waals surface area contributed by atoms with Crippen molar-refractivity contribution in [3.63, 3.8) is 0 Å². The summed E-state index contributed by atoms with van der Waals surface area (Å²) in [7, 11) is 0. The molecule has 4 nitrogen and oxygen atoms in total. The topological polar surface area (TPSA) is 41.8 Å². The predicted octanol–water partition coefficient (Wildman–Crippen LogP) is 2.47. The van der Waals surface area contributed by atoms with Crippen LogP contribution in [0.3, 0.4) is 0 Å². The zero-order chi connectivity index (χ0) is 21.9. The molecule has 0 bridgehead atoms. The molecule has 2 amide bonds. The minimum atomic E-state index is -0.655. The number of amides is 2. The predicted molar refractivity (Wildman–Crippen MR) is 128 cm³/mol. The largest absolute Gasteiger partial charge is 1.00 e. The van der Waals surface area contributed by atoms with E-state index in [9.17, 15) is 9.59 Å². The third kappa shape index (κ3) is 6.47. The molecule has 0 spiro atoms. The monoisotopic (exact) mass is 512 g/mol. The SMILES string of the molecule is CC(C)(C)[NH+](C(=O)c1ccc(Cl)cc1)N(Cl)C(=O)c1ccc(-c2ccccc2)cc1.Cl.[Cl-]. The Kier molecular flexibility index (Phi) is 10.2. The van der Waals surface area contributed by atoms with Gasteiger partial charge in [-0.3, -0.25) is 4.79 Å². The van der Waals surface area contributed by atoms with E-state index in [2.05, 4.69) is 0 Å². The summed E-state index contributed by atoms with van der Waals surface area (Å²) in [5.74, 6) is -0.771. The van der Waals surface area contributed by atoms with Crippen LogP contribution in [0.15, 0.2) is 78.9 Å². The molecular weight excluding hydrogens is 490 g/mol. The van der Waals surface area contributed by atoms with Gasteiger partial charge in [0.2, 0.25) is 0 Å². The first kappa shape index (κ1) is 28.0. The standard InChI is InChI=1S/C24H22Cl2N2O2.2ClH/c1-24(2,3)27(22(29)19-13-15-21(25)16-14-19)28(26)23(30)20-11-9-18(10-12-20)17-7-5-4-6-8-17;;/h4-16H,1-3H3;2*1H. The first-order valence-corrected chi connectivity index (χ1v) is 10.2. The zero-order valence-electron chi connectivity index (χ0n) is 17.8. The van der Waals surface area contributed by atoms with Gasteiger partial charge in [-0.25, -0.2) is 4.79 Å². The summed E-state index contributed by atoms with van der Waals surface area (Å²) >= 11 is 12.4. The summed E-state index contributed by atoms with van der Waals surface area (Å²) in [5.41, 5.74) is 2.21. The van der Waals surface area contributed by atoms with E-state index >= 15 is 0 Å². The van der Waals surface area contributed by atoms with Gasteiger partial charge in [0.05, 0.1) is 17.3 Å². The third-order valence-electron chi connectivity index (χ3n) is 4.65. The zero-order valence-corrected chi connectivity index (χ0v) is 20.9. The number of halogens is 4. The van der Waals surface area contributed by atoms with Crippen LogP contribution in [0.1, 0.15) is 41.5 Å². The highest BCUT2D eigenvalue weighted by atomic mass is 35.5. The second-order valence-electron chi connectivity index (χ2n) is 7.96. The normalized spacial score (nSPS) is 11.5. The number of quaternary nitrogens is 1. The maximum atomic E-state index is 13.2. The van der Waals surface area contributed by atoms with E-state index in [-0.39, 0.29) is 35.7 Å². The molecule has 0 aliphatic heterocycles.